The van der Waals surface area contributed by atoms with Gasteiger partial charge in [0, 0.05) is 11.3 Å². The lowest BCUT2D eigenvalue weighted by atomic mass is 9.44. The van der Waals surface area contributed by atoms with Gasteiger partial charge in [-0.2, -0.15) is 0 Å². The first-order chi connectivity index (χ1) is 11.3. The van der Waals surface area contributed by atoms with E-state index < -0.39 is 0 Å². The van der Waals surface area contributed by atoms with Crippen molar-refractivity contribution in [2.24, 2.45) is 40.4 Å². The van der Waals surface area contributed by atoms with Gasteiger partial charge in [0.15, 0.2) is 0 Å². The molecule has 0 aromatic heterocycles. The summed E-state index contributed by atoms with van der Waals surface area (Å²) in [6.07, 6.45) is 7.92. The van der Waals surface area contributed by atoms with Crippen molar-refractivity contribution in [3.63, 3.8) is 0 Å². The van der Waals surface area contributed by atoms with Crippen LogP contribution in [0.5, 0.6) is 0 Å². The van der Waals surface area contributed by atoms with Gasteiger partial charge in [0.1, 0.15) is 5.78 Å². The zero-order chi connectivity index (χ0) is 17.3. The van der Waals surface area contributed by atoms with Crippen molar-refractivity contribution in [2.75, 3.05) is 0 Å². The summed E-state index contributed by atoms with van der Waals surface area (Å²) in [4.78, 5) is 12.2. The fourth-order valence-corrected chi connectivity index (χ4v) is 7.86. The predicted molar refractivity (Wildman–Crippen MR) is 93.3 cm³/mol. The Morgan fingerprint density at radius 3 is 2.42 bits per heavy atom. The molecule has 0 amide bonds. The molecule has 4 aliphatic carbocycles. The van der Waals surface area contributed by atoms with Gasteiger partial charge in [0.2, 0.25) is 0 Å². The second-order valence-corrected chi connectivity index (χ2v) is 9.94. The number of carbonyl (C=O) groups excluding carboxylic acids is 1. The highest BCUT2D eigenvalue weighted by Crippen LogP contribution is 2.67. The normalized spacial score (nSPS) is 57.0. The van der Waals surface area contributed by atoms with Crippen LogP contribution in [0.25, 0.3) is 0 Å². The number of rotatable bonds is 1. The van der Waals surface area contributed by atoms with Crippen LogP contribution in [-0.2, 0) is 4.79 Å². The van der Waals surface area contributed by atoms with E-state index in [1.54, 1.807) is 6.92 Å². The summed E-state index contributed by atoms with van der Waals surface area (Å²) in [6, 6.07) is 0. The highest BCUT2D eigenvalue weighted by Gasteiger charge is 2.63. The first kappa shape index (κ1) is 17.0. The SMILES string of the molecule is CC(=O)[C@H]1CC[C@@H]2[C@H]3CC[C@H]4C[C@H](O)CC[C@]4(C)[C@@H]3C[C@H](O)[C@]12C. The third-order valence-corrected chi connectivity index (χ3v) is 9.24. The summed E-state index contributed by atoms with van der Waals surface area (Å²) in [7, 11) is 0. The van der Waals surface area contributed by atoms with Crippen molar-refractivity contribution in [1.82, 2.24) is 0 Å². The average Bonchev–Trinajstić information content (AvgIpc) is 2.88. The van der Waals surface area contributed by atoms with Crippen molar-refractivity contribution in [2.45, 2.75) is 84.3 Å². The minimum absolute atomic E-state index is 0.0529. The average molecular weight is 335 g/mol. The summed E-state index contributed by atoms with van der Waals surface area (Å²) in [6.45, 7) is 6.36. The Morgan fingerprint density at radius 1 is 0.958 bits per heavy atom. The Hall–Kier alpha value is -0.410. The molecule has 0 aromatic rings. The van der Waals surface area contributed by atoms with Gasteiger partial charge in [-0.05, 0) is 87.4 Å². The van der Waals surface area contributed by atoms with E-state index in [2.05, 4.69) is 13.8 Å². The molecule has 136 valence electrons. The number of aliphatic hydroxyl groups excluding tert-OH is 2. The Labute approximate surface area is 146 Å². The van der Waals surface area contributed by atoms with Crippen LogP contribution in [0.1, 0.15) is 72.1 Å². The number of Topliss-reactive ketones (excluding diaryl/α,β-unsaturated/α-hetero) is 1. The molecule has 0 unspecified atom stereocenters. The van der Waals surface area contributed by atoms with Gasteiger partial charge in [-0.15, -0.1) is 0 Å². The van der Waals surface area contributed by atoms with Crippen molar-refractivity contribution < 1.29 is 15.0 Å². The molecule has 24 heavy (non-hydrogen) atoms. The van der Waals surface area contributed by atoms with Gasteiger partial charge in [0.25, 0.3) is 0 Å². The maximum Gasteiger partial charge on any atom is 0.133 e. The van der Waals surface area contributed by atoms with Gasteiger partial charge in [0.05, 0.1) is 12.2 Å². The smallest absolute Gasteiger partial charge is 0.133 e. The minimum atomic E-state index is -0.345. The lowest BCUT2D eigenvalue weighted by Gasteiger charge is -2.62. The lowest BCUT2D eigenvalue weighted by molar-refractivity contribution is -0.173. The Morgan fingerprint density at radius 2 is 1.71 bits per heavy atom. The van der Waals surface area contributed by atoms with Gasteiger partial charge in [-0.1, -0.05) is 13.8 Å². The highest BCUT2D eigenvalue weighted by molar-refractivity contribution is 5.79. The third-order valence-electron chi connectivity index (χ3n) is 9.24. The number of carbonyl (C=O) groups is 1. The van der Waals surface area contributed by atoms with E-state index in [0.29, 0.717) is 23.7 Å². The predicted octanol–water partition coefficient (Wildman–Crippen LogP) is 3.57. The van der Waals surface area contributed by atoms with Gasteiger partial charge < -0.3 is 10.2 Å². The maximum absolute atomic E-state index is 12.2. The molecular formula is C21H34O3. The summed E-state index contributed by atoms with van der Waals surface area (Å²) in [5.74, 6) is 2.69. The number of ketones is 1. The summed E-state index contributed by atoms with van der Waals surface area (Å²) in [5.41, 5.74) is 0.0726. The van der Waals surface area contributed by atoms with Crippen molar-refractivity contribution in [3.05, 3.63) is 0 Å². The van der Waals surface area contributed by atoms with E-state index in [9.17, 15) is 15.0 Å². The van der Waals surface area contributed by atoms with Crippen LogP contribution < -0.4 is 0 Å². The topological polar surface area (TPSA) is 57.5 Å². The maximum atomic E-state index is 12.2. The fraction of sp³-hybridized carbons (Fsp3) is 0.952. The van der Waals surface area contributed by atoms with E-state index in [4.69, 9.17) is 0 Å². The fourth-order valence-electron chi connectivity index (χ4n) is 7.86. The van der Waals surface area contributed by atoms with Crippen LogP contribution in [-0.4, -0.2) is 28.2 Å². The molecule has 0 heterocycles. The van der Waals surface area contributed by atoms with E-state index in [0.717, 1.165) is 38.5 Å². The summed E-state index contributed by atoms with van der Waals surface area (Å²) in [5, 5.41) is 21.3. The van der Waals surface area contributed by atoms with E-state index in [-0.39, 0.29) is 34.7 Å². The molecule has 3 heteroatoms. The lowest BCUT2D eigenvalue weighted by Crippen LogP contribution is -2.58. The molecule has 0 aromatic carbocycles. The zero-order valence-corrected chi connectivity index (χ0v) is 15.5. The van der Waals surface area contributed by atoms with Crippen LogP contribution in [0.15, 0.2) is 0 Å². The molecular weight excluding hydrogens is 300 g/mol. The van der Waals surface area contributed by atoms with Crippen molar-refractivity contribution >= 4 is 5.78 Å². The molecule has 4 aliphatic rings. The van der Waals surface area contributed by atoms with Gasteiger partial charge in [-0.3, -0.25) is 4.79 Å². The molecule has 9 atom stereocenters. The van der Waals surface area contributed by atoms with Crippen LogP contribution in [0.4, 0.5) is 0 Å². The molecule has 2 N–H and O–H groups in total. The highest BCUT2D eigenvalue weighted by atomic mass is 16.3. The van der Waals surface area contributed by atoms with Crippen molar-refractivity contribution in [3.8, 4) is 0 Å². The largest absolute Gasteiger partial charge is 0.393 e. The van der Waals surface area contributed by atoms with E-state index >= 15 is 0 Å². The molecule has 0 bridgehead atoms. The molecule has 4 rings (SSSR count). The van der Waals surface area contributed by atoms with Crippen LogP contribution in [0.2, 0.25) is 0 Å². The van der Waals surface area contributed by atoms with E-state index in [1.807, 2.05) is 0 Å². The molecule has 3 nitrogen and oxygen atoms in total. The van der Waals surface area contributed by atoms with Crippen LogP contribution >= 0.6 is 0 Å². The van der Waals surface area contributed by atoms with E-state index in [1.165, 1.54) is 12.8 Å². The third kappa shape index (κ3) is 2.13. The Kier molecular flexibility index (Phi) is 3.93. The molecule has 0 saturated heterocycles. The Balaban J connectivity index is 1.66. The van der Waals surface area contributed by atoms with Crippen molar-refractivity contribution in [1.29, 1.82) is 0 Å². The molecule has 4 fully saturated rings. The van der Waals surface area contributed by atoms with Gasteiger partial charge >= 0.3 is 0 Å². The number of aliphatic hydroxyl groups is 2. The standard InChI is InChI=1S/C21H34O3/c1-12(22)16-6-7-17-15-5-4-13-10-14(23)8-9-20(13,2)18(15)11-19(24)21(16,17)3/h13-19,23-24H,4-11H2,1-3H3/t13-,14+,15+,16+,17+,18+,19-,20-,21+/m0/s1. The molecule has 0 radical (unpaired) electrons. The molecule has 0 spiro atoms. The second kappa shape index (κ2) is 5.54. The quantitative estimate of drug-likeness (QED) is 0.771. The first-order valence-corrected chi connectivity index (χ1v) is 10.1. The number of hydrogen-bond donors (Lipinski definition) is 2. The molecule has 4 saturated carbocycles. The second-order valence-electron chi connectivity index (χ2n) is 9.94. The van der Waals surface area contributed by atoms with Gasteiger partial charge in [-0.25, -0.2) is 0 Å². The number of fused-ring (bicyclic) bond motifs is 5. The summed E-state index contributed by atoms with van der Waals surface area (Å²) < 4.78 is 0. The van der Waals surface area contributed by atoms with Crippen LogP contribution in [0, 0.1) is 40.4 Å². The number of hydrogen-bond acceptors (Lipinski definition) is 3. The first-order valence-electron chi connectivity index (χ1n) is 10.1. The Bertz CT molecular complexity index is 531. The van der Waals surface area contributed by atoms with Crippen LogP contribution in [0.3, 0.4) is 0 Å². The zero-order valence-electron chi connectivity index (χ0n) is 15.5. The summed E-state index contributed by atoms with van der Waals surface area (Å²) >= 11 is 0. The molecule has 0 aliphatic heterocycles. The monoisotopic (exact) mass is 334 g/mol. The minimum Gasteiger partial charge on any atom is -0.393 e.